The summed E-state index contributed by atoms with van der Waals surface area (Å²) >= 11 is 5.40. The van der Waals surface area contributed by atoms with Gasteiger partial charge < -0.3 is 5.32 Å². The van der Waals surface area contributed by atoms with Crippen molar-refractivity contribution in [3.05, 3.63) is 58.1 Å². The molecule has 1 N–H and O–H groups in total. The van der Waals surface area contributed by atoms with Crippen LogP contribution in [-0.4, -0.2) is 7.05 Å². The second-order valence-electron chi connectivity index (χ2n) is 5.52. The number of rotatable bonds is 5. The van der Waals surface area contributed by atoms with Gasteiger partial charge in [-0.2, -0.15) is 0 Å². The van der Waals surface area contributed by atoms with Gasteiger partial charge in [-0.15, -0.1) is 0 Å². The number of hydrogen-bond acceptors (Lipinski definition) is 2. The van der Waals surface area contributed by atoms with Gasteiger partial charge in [0, 0.05) is 20.3 Å². The third-order valence-corrected chi connectivity index (χ3v) is 5.22. The van der Waals surface area contributed by atoms with Crippen LogP contribution in [0.25, 0.3) is 0 Å². The molecule has 3 heteroatoms. The highest BCUT2D eigenvalue weighted by Crippen LogP contribution is 2.35. The second kappa shape index (κ2) is 7.48. The van der Waals surface area contributed by atoms with Crippen LogP contribution in [0.2, 0.25) is 0 Å². The molecule has 0 radical (unpaired) electrons. The molecule has 0 spiro atoms. The molecule has 0 aliphatic carbocycles. The number of hydrogen-bond donors (Lipinski definition) is 1. The maximum Gasteiger partial charge on any atom is 0.0300 e. The van der Waals surface area contributed by atoms with Crippen molar-refractivity contribution in [1.29, 1.82) is 0 Å². The normalized spacial score (nSPS) is 12.7. The van der Waals surface area contributed by atoms with E-state index in [-0.39, 0.29) is 0 Å². The largest absolute Gasteiger partial charge is 0.313 e. The minimum atomic E-state index is 0.343. The van der Waals surface area contributed by atoms with Gasteiger partial charge in [0.05, 0.1) is 0 Å². The van der Waals surface area contributed by atoms with Crippen molar-refractivity contribution >= 4 is 27.7 Å². The molecular weight excluding hydrogens is 342 g/mol. The predicted molar refractivity (Wildman–Crippen MR) is 96.3 cm³/mol. The molecule has 0 heterocycles. The predicted octanol–water partition coefficient (Wildman–Crippen LogP) is 6.00. The Hall–Kier alpha value is -0.770. The molecule has 0 amide bonds. The van der Waals surface area contributed by atoms with Crippen LogP contribution < -0.4 is 5.32 Å². The fourth-order valence-corrected chi connectivity index (χ4v) is 3.74. The average Bonchev–Trinajstić information content (AvgIpc) is 2.47. The summed E-state index contributed by atoms with van der Waals surface area (Å²) in [5.41, 5.74) is 2.72. The van der Waals surface area contributed by atoms with Crippen molar-refractivity contribution in [2.24, 2.45) is 0 Å². The summed E-state index contributed by atoms with van der Waals surface area (Å²) in [7, 11) is 2.00. The Balaban J connectivity index is 2.27. The van der Waals surface area contributed by atoms with E-state index in [1.807, 2.05) is 18.8 Å². The van der Waals surface area contributed by atoms with E-state index in [0.29, 0.717) is 12.0 Å². The first-order valence-corrected chi connectivity index (χ1v) is 8.86. The molecule has 112 valence electrons. The lowest BCUT2D eigenvalue weighted by Crippen LogP contribution is -2.13. The van der Waals surface area contributed by atoms with E-state index in [1.54, 1.807) is 0 Å². The second-order valence-corrected chi connectivity index (χ2v) is 7.55. The molecule has 1 unspecified atom stereocenters. The molecule has 0 saturated heterocycles. The van der Waals surface area contributed by atoms with E-state index in [1.165, 1.54) is 20.9 Å². The van der Waals surface area contributed by atoms with Gasteiger partial charge in [-0.25, -0.2) is 0 Å². The van der Waals surface area contributed by atoms with Gasteiger partial charge in [0.25, 0.3) is 0 Å². The van der Waals surface area contributed by atoms with Crippen LogP contribution in [0.4, 0.5) is 0 Å². The SMILES string of the molecule is CNC(C)c1ccc(Br)cc1Sc1ccc(C(C)C)cc1. The summed E-state index contributed by atoms with van der Waals surface area (Å²) in [5, 5.41) is 3.32. The van der Waals surface area contributed by atoms with Gasteiger partial charge in [-0.05, 0) is 55.3 Å². The summed E-state index contributed by atoms with van der Waals surface area (Å²) in [6, 6.07) is 15.7. The Morgan fingerprint density at radius 1 is 1.00 bits per heavy atom. The summed E-state index contributed by atoms with van der Waals surface area (Å²) in [6.07, 6.45) is 0. The number of benzene rings is 2. The zero-order valence-corrected chi connectivity index (χ0v) is 15.4. The van der Waals surface area contributed by atoms with E-state index < -0.39 is 0 Å². The zero-order valence-electron chi connectivity index (χ0n) is 13.0. The van der Waals surface area contributed by atoms with Gasteiger partial charge in [0.2, 0.25) is 0 Å². The molecule has 0 saturated carbocycles. The molecule has 0 bridgehead atoms. The molecular formula is C18H22BrNS. The van der Waals surface area contributed by atoms with Crippen LogP contribution >= 0.6 is 27.7 Å². The first-order chi connectivity index (χ1) is 10.0. The third kappa shape index (κ3) is 4.35. The van der Waals surface area contributed by atoms with Gasteiger partial charge >= 0.3 is 0 Å². The number of halogens is 1. The first-order valence-electron chi connectivity index (χ1n) is 7.25. The van der Waals surface area contributed by atoms with E-state index in [4.69, 9.17) is 0 Å². The summed E-state index contributed by atoms with van der Waals surface area (Å²) in [5.74, 6) is 0.579. The molecule has 1 nitrogen and oxygen atoms in total. The smallest absolute Gasteiger partial charge is 0.0300 e. The number of nitrogens with one attached hydrogen (secondary N) is 1. The Labute approximate surface area is 140 Å². The molecule has 0 aromatic heterocycles. The van der Waals surface area contributed by atoms with Gasteiger partial charge in [-0.1, -0.05) is 59.7 Å². The lowest BCUT2D eigenvalue weighted by Gasteiger charge is -2.16. The highest BCUT2D eigenvalue weighted by atomic mass is 79.9. The van der Waals surface area contributed by atoms with Crippen LogP contribution in [0.15, 0.2) is 56.7 Å². The Morgan fingerprint density at radius 3 is 2.24 bits per heavy atom. The summed E-state index contributed by atoms with van der Waals surface area (Å²) < 4.78 is 1.12. The van der Waals surface area contributed by atoms with Crippen LogP contribution in [0.5, 0.6) is 0 Å². The van der Waals surface area contributed by atoms with Crippen LogP contribution in [0, 0.1) is 0 Å². The van der Waals surface area contributed by atoms with E-state index in [9.17, 15) is 0 Å². The van der Waals surface area contributed by atoms with Crippen molar-refractivity contribution in [2.75, 3.05) is 7.05 Å². The molecule has 0 aliphatic rings. The Morgan fingerprint density at radius 2 is 1.67 bits per heavy atom. The lowest BCUT2D eigenvalue weighted by molar-refractivity contribution is 0.641. The standard InChI is InChI=1S/C18H22BrNS/c1-12(2)14-5-8-16(9-6-14)21-18-11-15(19)7-10-17(18)13(3)20-4/h5-13,20H,1-4H3. The summed E-state index contributed by atoms with van der Waals surface area (Å²) in [4.78, 5) is 2.57. The van der Waals surface area contributed by atoms with E-state index in [2.05, 4.69) is 84.5 Å². The third-order valence-electron chi connectivity index (χ3n) is 3.65. The molecule has 21 heavy (non-hydrogen) atoms. The molecule has 0 aliphatic heterocycles. The van der Waals surface area contributed by atoms with Gasteiger partial charge in [0.15, 0.2) is 0 Å². The van der Waals surface area contributed by atoms with Crippen LogP contribution in [0.3, 0.4) is 0 Å². The quantitative estimate of drug-likeness (QED) is 0.698. The van der Waals surface area contributed by atoms with Gasteiger partial charge in [0.1, 0.15) is 0 Å². The maximum atomic E-state index is 3.58. The first kappa shape index (κ1) is 16.6. The molecule has 2 rings (SSSR count). The molecule has 2 aromatic rings. The van der Waals surface area contributed by atoms with Crippen molar-refractivity contribution in [3.8, 4) is 0 Å². The minimum Gasteiger partial charge on any atom is -0.313 e. The van der Waals surface area contributed by atoms with Crippen LogP contribution in [0.1, 0.15) is 43.9 Å². The van der Waals surface area contributed by atoms with Crippen LogP contribution in [-0.2, 0) is 0 Å². The summed E-state index contributed by atoms with van der Waals surface area (Å²) in [6.45, 7) is 6.64. The van der Waals surface area contributed by atoms with Crippen molar-refractivity contribution in [3.63, 3.8) is 0 Å². The lowest BCUT2D eigenvalue weighted by atomic mass is 10.0. The average molecular weight is 364 g/mol. The zero-order chi connectivity index (χ0) is 15.4. The molecule has 0 fully saturated rings. The Kier molecular flexibility index (Phi) is 5.91. The van der Waals surface area contributed by atoms with Gasteiger partial charge in [-0.3, -0.25) is 0 Å². The fraction of sp³-hybridized carbons (Fsp3) is 0.333. The van der Waals surface area contributed by atoms with E-state index >= 15 is 0 Å². The molecule has 1 atom stereocenters. The van der Waals surface area contributed by atoms with Crippen molar-refractivity contribution in [1.82, 2.24) is 5.32 Å². The topological polar surface area (TPSA) is 12.0 Å². The van der Waals surface area contributed by atoms with E-state index in [0.717, 1.165) is 4.47 Å². The Bertz CT molecular complexity index is 593. The minimum absolute atomic E-state index is 0.343. The highest BCUT2D eigenvalue weighted by molar-refractivity contribution is 9.10. The fourth-order valence-electron chi connectivity index (χ4n) is 2.16. The molecule has 2 aromatic carbocycles. The monoisotopic (exact) mass is 363 g/mol. The van der Waals surface area contributed by atoms with Crippen molar-refractivity contribution in [2.45, 2.75) is 42.5 Å². The maximum absolute atomic E-state index is 3.58. The van der Waals surface area contributed by atoms with Crippen molar-refractivity contribution < 1.29 is 0 Å². The highest BCUT2D eigenvalue weighted by Gasteiger charge is 2.11.